The lowest BCUT2D eigenvalue weighted by Gasteiger charge is -2.19. The molecule has 0 aromatic carbocycles. The van der Waals surface area contributed by atoms with E-state index in [9.17, 15) is 0 Å². The van der Waals surface area contributed by atoms with E-state index in [2.05, 4.69) is 58.2 Å². The van der Waals surface area contributed by atoms with Crippen molar-refractivity contribution in [2.45, 2.75) is 53.6 Å². The standard InChI is InChI=1S/C13H25N3/c1-12(2,3)10-14-7-11-8-15-16(9-11)13(4,5)6/h8-9,14H,7,10H2,1-6H3. The minimum atomic E-state index is 0.0717. The number of nitrogens with zero attached hydrogens (tertiary/aromatic N) is 2. The summed E-state index contributed by atoms with van der Waals surface area (Å²) in [5.74, 6) is 0. The number of nitrogens with one attached hydrogen (secondary N) is 1. The molecular weight excluding hydrogens is 198 g/mol. The van der Waals surface area contributed by atoms with Crippen molar-refractivity contribution < 1.29 is 0 Å². The van der Waals surface area contributed by atoms with E-state index in [0.717, 1.165) is 13.1 Å². The highest BCUT2D eigenvalue weighted by Crippen LogP contribution is 2.14. The van der Waals surface area contributed by atoms with Crippen LogP contribution >= 0.6 is 0 Å². The van der Waals surface area contributed by atoms with Gasteiger partial charge in [0.2, 0.25) is 0 Å². The van der Waals surface area contributed by atoms with E-state index in [4.69, 9.17) is 0 Å². The van der Waals surface area contributed by atoms with E-state index in [1.165, 1.54) is 5.56 Å². The highest BCUT2D eigenvalue weighted by Gasteiger charge is 2.14. The van der Waals surface area contributed by atoms with Gasteiger partial charge in [0, 0.05) is 24.8 Å². The maximum atomic E-state index is 4.38. The fourth-order valence-electron chi connectivity index (χ4n) is 1.40. The molecule has 3 nitrogen and oxygen atoms in total. The fraction of sp³-hybridized carbons (Fsp3) is 0.769. The normalized spacial score (nSPS) is 13.1. The molecule has 1 aromatic rings. The van der Waals surface area contributed by atoms with Gasteiger partial charge in [-0.1, -0.05) is 20.8 Å². The summed E-state index contributed by atoms with van der Waals surface area (Å²) in [5.41, 5.74) is 1.65. The van der Waals surface area contributed by atoms with Gasteiger partial charge in [-0.05, 0) is 26.2 Å². The van der Waals surface area contributed by atoms with Crippen molar-refractivity contribution in [3.8, 4) is 0 Å². The van der Waals surface area contributed by atoms with Crippen LogP contribution in [-0.2, 0) is 12.1 Å². The summed E-state index contributed by atoms with van der Waals surface area (Å²) in [5, 5.41) is 7.83. The van der Waals surface area contributed by atoms with Crippen molar-refractivity contribution in [3.05, 3.63) is 18.0 Å². The highest BCUT2D eigenvalue weighted by atomic mass is 15.3. The van der Waals surface area contributed by atoms with Gasteiger partial charge >= 0.3 is 0 Å². The van der Waals surface area contributed by atoms with Crippen LogP contribution in [0.4, 0.5) is 0 Å². The Morgan fingerprint density at radius 3 is 2.25 bits per heavy atom. The molecule has 0 aliphatic heterocycles. The second-order valence-electron chi connectivity index (χ2n) is 6.63. The van der Waals surface area contributed by atoms with Crippen molar-refractivity contribution in [2.24, 2.45) is 5.41 Å². The zero-order chi connectivity index (χ0) is 12.4. The minimum absolute atomic E-state index is 0.0717. The van der Waals surface area contributed by atoms with Crippen LogP contribution < -0.4 is 5.32 Å². The molecule has 0 amide bonds. The molecule has 3 heteroatoms. The van der Waals surface area contributed by atoms with Crippen LogP contribution in [0.25, 0.3) is 0 Å². The minimum Gasteiger partial charge on any atom is -0.312 e. The molecular formula is C13H25N3. The Balaban J connectivity index is 2.48. The summed E-state index contributed by atoms with van der Waals surface area (Å²) in [6.45, 7) is 15.1. The maximum Gasteiger partial charge on any atom is 0.0543 e. The van der Waals surface area contributed by atoms with Crippen molar-refractivity contribution in [3.63, 3.8) is 0 Å². The van der Waals surface area contributed by atoms with Gasteiger partial charge in [-0.25, -0.2) is 0 Å². The Morgan fingerprint density at radius 1 is 1.19 bits per heavy atom. The average molecular weight is 223 g/mol. The number of hydrogen-bond acceptors (Lipinski definition) is 2. The van der Waals surface area contributed by atoms with E-state index in [0.29, 0.717) is 5.41 Å². The summed E-state index contributed by atoms with van der Waals surface area (Å²) >= 11 is 0. The largest absolute Gasteiger partial charge is 0.312 e. The van der Waals surface area contributed by atoms with Gasteiger partial charge in [0.05, 0.1) is 11.7 Å². The van der Waals surface area contributed by atoms with Gasteiger partial charge in [-0.2, -0.15) is 5.10 Å². The third-order valence-corrected chi connectivity index (χ3v) is 2.31. The Kier molecular flexibility index (Phi) is 3.79. The molecule has 0 spiro atoms. The molecule has 0 radical (unpaired) electrons. The van der Waals surface area contributed by atoms with Gasteiger partial charge in [-0.15, -0.1) is 0 Å². The van der Waals surface area contributed by atoms with Crippen LogP contribution in [0.3, 0.4) is 0 Å². The first kappa shape index (κ1) is 13.2. The van der Waals surface area contributed by atoms with Crippen LogP contribution in [0, 0.1) is 5.41 Å². The molecule has 0 saturated heterocycles. The smallest absolute Gasteiger partial charge is 0.0543 e. The van der Waals surface area contributed by atoms with Crippen LogP contribution in [0.5, 0.6) is 0 Å². The number of hydrogen-bond donors (Lipinski definition) is 1. The first-order valence-corrected chi connectivity index (χ1v) is 5.93. The van der Waals surface area contributed by atoms with E-state index >= 15 is 0 Å². The Labute approximate surface area is 99.2 Å². The summed E-state index contributed by atoms with van der Waals surface area (Å²) < 4.78 is 2.01. The van der Waals surface area contributed by atoms with Crippen LogP contribution in [0.15, 0.2) is 12.4 Å². The molecule has 1 aromatic heterocycles. The molecule has 0 aliphatic rings. The first-order valence-electron chi connectivity index (χ1n) is 5.93. The van der Waals surface area contributed by atoms with Gasteiger partial charge in [-0.3, -0.25) is 4.68 Å². The van der Waals surface area contributed by atoms with Gasteiger partial charge < -0.3 is 5.32 Å². The third kappa shape index (κ3) is 4.35. The molecule has 16 heavy (non-hydrogen) atoms. The molecule has 0 atom stereocenters. The van der Waals surface area contributed by atoms with E-state index < -0.39 is 0 Å². The topological polar surface area (TPSA) is 29.9 Å². The van der Waals surface area contributed by atoms with Crippen LogP contribution in [0.1, 0.15) is 47.1 Å². The number of aromatic nitrogens is 2. The van der Waals surface area contributed by atoms with Gasteiger partial charge in [0.15, 0.2) is 0 Å². The summed E-state index contributed by atoms with van der Waals surface area (Å²) in [6, 6.07) is 0. The van der Waals surface area contributed by atoms with Gasteiger partial charge in [0.25, 0.3) is 0 Å². The second kappa shape index (κ2) is 4.58. The van der Waals surface area contributed by atoms with Crippen molar-refractivity contribution in [1.29, 1.82) is 0 Å². The van der Waals surface area contributed by atoms with E-state index in [-0.39, 0.29) is 5.54 Å². The lowest BCUT2D eigenvalue weighted by Crippen LogP contribution is -2.26. The van der Waals surface area contributed by atoms with Crippen LogP contribution in [-0.4, -0.2) is 16.3 Å². The lowest BCUT2D eigenvalue weighted by molar-refractivity contribution is 0.354. The molecule has 1 N–H and O–H groups in total. The lowest BCUT2D eigenvalue weighted by atomic mass is 9.97. The van der Waals surface area contributed by atoms with Crippen molar-refractivity contribution in [2.75, 3.05) is 6.54 Å². The highest BCUT2D eigenvalue weighted by molar-refractivity contribution is 5.04. The molecule has 1 heterocycles. The summed E-state index contributed by atoms with van der Waals surface area (Å²) in [4.78, 5) is 0. The van der Waals surface area contributed by atoms with Crippen LogP contribution in [0.2, 0.25) is 0 Å². The first-order chi connectivity index (χ1) is 7.18. The summed E-state index contributed by atoms with van der Waals surface area (Å²) in [6.07, 6.45) is 4.07. The van der Waals surface area contributed by atoms with Crippen molar-refractivity contribution >= 4 is 0 Å². The monoisotopic (exact) mass is 223 g/mol. The molecule has 92 valence electrons. The predicted octanol–water partition coefficient (Wildman–Crippen LogP) is 2.77. The Hall–Kier alpha value is -0.830. The van der Waals surface area contributed by atoms with Gasteiger partial charge in [0.1, 0.15) is 0 Å². The second-order valence-corrected chi connectivity index (χ2v) is 6.63. The van der Waals surface area contributed by atoms with E-state index in [1.54, 1.807) is 0 Å². The Morgan fingerprint density at radius 2 is 1.81 bits per heavy atom. The van der Waals surface area contributed by atoms with Crippen molar-refractivity contribution in [1.82, 2.24) is 15.1 Å². The molecule has 0 aliphatic carbocycles. The molecule has 0 bridgehead atoms. The summed E-state index contributed by atoms with van der Waals surface area (Å²) in [7, 11) is 0. The average Bonchev–Trinajstić information content (AvgIpc) is 2.49. The third-order valence-electron chi connectivity index (χ3n) is 2.31. The zero-order valence-corrected chi connectivity index (χ0v) is 11.5. The zero-order valence-electron chi connectivity index (χ0n) is 11.5. The quantitative estimate of drug-likeness (QED) is 0.854. The fourth-order valence-corrected chi connectivity index (χ4v) is 1.40. The predicted molar refractivity (Wildman–Crippen MR) is 68.4 cm³/mol. The maximum absolute atomic E-state index is 4.38. The number of rotatable bonds is 3. The van der Waals surface area contributed by atoms with E-state index in [1.807, 2.05) is 10.9 Å². The Bertz CT molecular complexity index is 326. The SMILES string of the molecule is CC(C)(C)CNCc1cnn(C(C)(C)C)c1. The molecule has 0 fully saturated rings. The molecule has 0 unspecified atom stereocenters. The molecule has 1 rings (SSSR count). The molecule has 0 saturated carbocycles.